The van der Waals surface area contributed by atoms with E-state index in [0.717, 1.165) is 165 Å². The van der Waals surface area contributed by atoms with Crippen molar-refractivity contribution in [2.45, 2.75) is 216 Å². The Balaban J connectivity index is 0.000000140. The molecule has 3 fully saturated rings. The van der Waals surface area contributed by atoms with Crippen LogP contribution >= 0.6 is 81.2 Å². The number of amides is 3. The van der Waals surface area contributed by atoms with Crippen molar-refractivity contribution in [1.29, 1.82) is 0 Å². The molecule has 3 atom stereocenters. The fraction of sp³-hybridized carbons (Fsp3) is 0.415. The van der Waals surface area contributed by atoms with E-state index in [0.29, 0.717) is 72.2 Å². The van der Waals surface area contributed by atoms with Gasteiger partial charge in [0.1, 0.15) is 0 Å². The van der Waals surface area contributed by atoms with Crippen molar-refractivity contribution in [3.63, 3.8) is 0 Å². The number of carbonyl (C=O) groups is 3. The third kappa shape index (κ3) is 18.2. The normalized spacial score (nSPS) is 18.4. The Kier molecular flexibility index (Phi) is 24.9. The first kappa shape index (κ1) is 75.4. The van der Waals surface area contributed by atoms with Gasteiger partial charge in [-0.3, -0.25) is 19.1 Å². The minimum absolute atomic E-state index is 0.0546. The van der Waals surface area contributed by atoms with Gasteiger partial charge in [0.05, 0.1) is 44.4 Å². The number of halogens is 10. The number of rotatable bonds is 16. The summed E-state index contributed by atoms with van der Waals surface area (Å²) >= 11 is 44.1. The summed E-state index contributed by atoms with van der Waals surface area (Å²) < 4.78 is 44.7. The Morgan fingerprint density at radius 3 is 1.27 bits per heavy atom. The van der Waals surface area contributed by atoms with Crippen LogP contribution in [-0.4, -0.2) is 59.1 Å². The molecule has 3 amide bonds. The first-order chi connectivity index (χ1) is 50.3. The number of hydrogen-bond donors (Lipinski definition) is 3. The van der Waals surface area contributed by atoms with E-state index in [9.17, 15) is 27.6 Å². The zero-order chi connectivity index (χ0) is 72.6. The lowest BCUT2D eigenvalue weighted by Gasteiger charge is -2.27. The Morgan fingerprint density at radius 2 is 0.817 bits per heavy atom. The molecule has 6 aromatic carbocycles. The number of hydrogen-bond acceptors (Lipinski definition) is 6. The van der Waals surface area contributed by atoms with E-state index in [1.54, 1.807) is 28.9 Å². The first-order valence-corrected chi connectivity index (χ1v) is 39.5. The molecule has 104 heavy (non-hydrogen) atoms. The minimum atomic E-state index is -4.42. The zero-order valence-corrected chi connectivity index (χ0v) is 63.2. The summed E-state index contributed by atoms with van der Waals surface area (Å²) in [5.41, 5.74) is 12.8. The summed E-state index contributed by atoms with van der Waals surface area (Å²) in [4.78, 5) is 40.0. The van der Waals surface area contributed by atoms with E-state index in [4.69, 9.17) is 96.5 Å². The summed E-state index contributed by atoms with van der Waals surface area (Å²) in [5.74, 6) is 0.260. The molecule has 0 bridgehead atoms. The van der Waals surface area contributed by atoms with Crippen molar-refractivity contribution in [3.8, 4) is 11.4 Å². The molecule has 15 rings (SSSR count). The smallest absolute Gasteiger partial charge is 0.348 e. The van der Waals surface area contributed by atoms with Crippen LogP contribution in [0.3, 0.4) is 0 Å². The lowest BCUT2D eigenvalue weighted by molar-refractivity contribution is -0.137. The van der Waals surface area contributed by atoms with Crippen LogP contribution in [-0.2, 0) is 51.2 Å². The number of aromatic nitrogens is 6. The maximum atomic E-state index is 13.5. The van der Waals surface area contributed by atoms with Crippen molar-refractivity contribution in [2.75, 3.05) is 0 Å². The van der Waals surface area contributed by atoms with Crippen LogP contribution < -0.4 is 16.0 Å². The van der Waals surface area contributed by atoms with Gasteiger partial charge in [0.15, 0.2) is 17.1 Å². The van der Waals surface area contributed by atoms with Crippen LogP contribution in [0.25, 0.3) is 11.4 Å². The molecule has 6 aliphatic rings. The second-order valence-electron chi connectivity index (χ2n) is 28.8. The fourth-order valence-corrected chi connectivity index (χ4v) is 17.2. The van der Waals surface area contributed by atoms with E-state index in [2.05, 4.69) is 44.9 Å². The highest BCUT2D eigenvalue weighted by Crippen LogP contribution is 2.44. The molecule has 22 heteroatoms. The maximum Gasteiger partial charge on any atom is 0.416 e. The van der Waals surface area contributed by atoms with Crippen LogP contribution in [0.2, 0.25) is 35.2 Å². The van der Waals surface area contributed by atoms with Gasteiger partial charge in [-0.25, -0.2) is 9.36 Å². The summed E-state index contributed by atoms with van der Waals surface area (Å²) in [7, 11) is 0. The van der Waals surface area contributed by atoms with Gasteiger partial charge < -0.3 is 16.0 Å². The molecule has 0 spiro atoms. The number of nitrogens with zero attached hydrogens (tertiary/aromatic N) is 6. The van der Waals surface area contributed by atoms with Crippen LogP contribution in [0.15, 0.2) is 133 Å². The average molecular weight is 1550 g/mol. The van der Waals surface area contributed by atoms with E-state index in [1.807, 2.05) is 65.3 Å². The van der Waals surface area contributed by atoms with Gasteiger partial charge in [0.25, 0.3) is 17.7 Å². The lowest BCUT2D eigenvalue weighted by atomic mass is 9.89. The fourth-order valence-electron chi connectivity index (χ4n) is 15.8. The highest BCUT2D eigenvalue weighted by Gasteiger charge is 2.37. The van der Waals surface area contributed by atoms with Gasteiger partial charge in [-0.1, -0.05) is 168 Å². The largest absolute Gasteiger partial charge is 0.416 e. The molecule has 3 N–H and O–H groups in total. The summed E-state index contributed by atoms with van der Waals surface area (Å²) in [6, 6.07) is 40.4. The van der Waals surface area contributed by atoms with Crippen LogP contribution in [0.4, 0.5) is 13.2 Å². The van der Waals surface area contributed by atoms with E-state index in [-0.39, 0.29) is 41.9 Å². The number of carbonyl (C=O) groups excluding carboxylic acids is 3. The van der Waals surface area contributed by atoms with E-state index >= 15 is 0 Å². The number of nitrogens with one attached hydrogen (secondary N) is 3. The molecular weight excluding hydrogens is 1460 g/mol. The van der Waals surface area contributed by atoms with Crippen molar-refractivity contribution in [2.24, 2.45) is 0 Å². The third-order valence-corrected chi connectivity index (χ3v) is 23.4. The summed E-state index contributed by atoms with van der Waals surface area (Å²) in [6.45, 7) is 0.0640. The van der Waals surface area contributed by atoms with Gasteiger partial charge in [-0.15, -0.1) is 0 Å². The first-order valence-electron chi connectivity index (χ1n) is 36.8. The van der Waals surface area contributed by atoms with Crippen molar-refractivity contribution in [1.82, 2.24) is 45.3 Å². The number of alkyl halides is 3. The predicted molar refractivity (Wildman–Crippen MR) is 411 cm³/mol. The third-order valence-electron chi connectivity index (χ3n) is 21.6. The Hall–Kier alpha value is -6.82. The number of benzene rings is 6. The monoisotopic (exact) mass is 1550 g/mol. The van der Waals surface area contributed by atoms with Gasteiger partial charge in [0.2, 0.25) is 0 Å². The Morgan fingerprint density at radius 1 is 0.404 bits per heavy atom. The molecular formula is C82H85Cl7F3N9O3. The van der Waals surface area contributed by atoms with Crippen LogP contribution in [0.5, 0.6) is 0 Å². The molecule has 0 saturated heterocycles. The Labute approximate surface area is 641 Å². The molecule has 3 aromatic heterocycles. The molecule has 546 valence electrons. The van der Waals surface area contributed by atoms with Crippen molar-refractivity contribution < 1.29 is 27.6 Å². The summed E-state index contributed by atoms with van der Waals surface area (Å²) in [6.07, 6.45) is 22.9. The van der Waals surface area contributed by atoms with Gasteiger partial charge in [-0.2, -0.15) is 28.5 Å². The van der Waals surface area contributed by atoms with Gasteiger partial charge in [0, 0.05) is 83.9 Å². The molecule has 3 heterocycles. The standard InChI is InChI=1S/C30H25Cl3F3N3O.C26H26Cl3N3O.C26H34ClN3O/c31-22-11-7-18(8-12-22)15-20-3-1-2-4-24-27(38-39(28(20)24)26-14-13-23(32)16-25(26)33)29(40)37-17-19-5-9-21(10-6-19)30(34,35)36;27-18-10-8-16(9-11-18)14-17-4-1-2-7-21-24(26(33)30-20-5-3-6-20)31-32(25(17)21)23-13-12-19(28)15-22(23)29;27-20-10-6-8-18(17-20)16-19-9-4-5-15-23-24(26(31)28-21-11-7-12-21)29-30(25(19)23)22-13-2-1-3-14-22/h5-14,16,20H,1-4,15,17H2,(H,37,40);8-13,15,17,20H,1-7,14H2,(H,30,33);6,8,10,17,19,21-22H,1-5,7,9,11-16H2,(H,28,31). The second-order valence-corrected chi connectivity index (χ2v) is 31.8. The molecule has 0 radical (unpaired) electrons. The van der Waals surface area contributed by atoms with Crippen molar-refractivity contribution >= 4 is 98.9 Å². The van der Waals surface area contributed by atoms with E-state index in [1.165, 1.54) is 85.9 Å². The highest BCUT2D eigenvalue weighted by molar-refractivity contribution is 6.36. The lowest BCUT2D eigenvalue weighted by Crippen LogP contribution is -2.40. The van der Waals surface area contributed by atoms with Crippen LogP contribution in [0, 0.1) is 0 Å². The average Bonchev–Trinajstić information content (AvgIpc) is 1.62. The predicted octanol–water partition coefficient (Wildman–Crippen LogP) is 22.4. The molecule has 12 nitrogen and oxygen atoms in total. The second kappa shape index (κ2) is 34.4. The minimum Gasteiger partial charge on any atom is -0.348 e. The molecule has 9 aromatic rings. The number of fused-ring (bicyclic) bond motifs is 3. The zero-order valence-electron chi connectivity index (χ0n) is 57.9. The molecule has 6 aliphatic carbocycles. The Bertz CT molecular complexity index is 4500. The molecule has 3 unspecified atom stereocenters. The highest BCUT2D eigenvalue weighted by atomic mass is 35.5. The van der Waals surface area contributed by atoms with Crippen LogP contribution in [0.1, 0.15) is 245 Å². The summed E-state index contributed by atoms with van der Waals surface area (Å²) in [5, 5.41) is 28.1. The molecule has 0 aliphatic heterocycles. The van der Waals surface area contributed by atoms with Crippen molar-refractivity contribution in [3.05, 3.63) is 247 Å². The van der Waals surface area contributed by atoms with E-state index < -0.39 is 17.6 Å². The topological polar surface area (TPSA) is 141 Å². The SMILES string of the molecule is O=C(NC1CCC1)c1nn(-c2ccc(Cl)cc2Cl)c2c1CCCCC2Cc1ccc(Cl)cc1.O=C(NC1CCC1)c1nn(C2CCCCC2)c2c1CCCCC2Cc1cccc(Cl)c1.O=C(NCc1ccc(C(F)(F)F)cc1)c1nn(-c2ccc(Cl)cc2Cl)c2c1CCCCC2Cc1ccc(Cl)cc1. The van der Waals surface area contributed by atoms with Gasteiger partial charge >= 0.3 is 6.18 Å². The van der Waals surface area contributed by atoms with Gasteiger partial charge in [-0.05, 0) is 236 Å². The quantitative estimate of drug-likeness (QED) is 0.0823. The maximum absolute atomic E-state index is 13.5. The molecule has 3 saturated carbocycles.